The number of hydrogen-bond donors (Lipinski definition) is 2. The highest BCUT2D eigenvalue weighted by molar-refractivity contribution is 6.30. The average Bonchev–Trinajstić information content (AvgIpc) is 3.60. The number of hydrogen-bond acceptors (Lipinski definition) is 9. The number of benzene rings is 4. The van der Waals surface area contributed by atoms with Gasteiger partial charge in [-0.15, -0.1) is 13.2 Å². The molecule has 3 aliphatic heterocycles. The largest absolute Gasteiger partial charge is 0.573 e. The summed E-state index contributed by atoms with van der Waals surface area (Å²) < 4.78 is 64.7. The van der Waals surface area contributed by atoms with Crippen molar-refractivity contribution in [2.24, 2.45) is 23.7 Å². The van der Waals surface area contributed by atoms with Crippen molar-refractivity contribution in [2.75, 3.05) is 41.5 Å². The summed E-state index contributed by atoms with van der Waals surface area (Å²) in [5, 5.41) is 12.7. The van der Waals surface area contributed by atoms with Crippen LogP contribution in [0.2, 0.25) is 5.02 Å². The zero-order valence-corrected chi connectivity index (χ0v) is 31.8. The summed E-state index contributed by atoms with van der Waals surface area (Å²) >= 11 is 6.32. The number of alkyl halides is 3. The normalized spacial score (nSPS) is 26.7. The molecular formula is C43H35ClF4N4O7. The molecule has 5 aliphatic rings. The zero-order chi connectivity index (χ0) is 41.4. The van der Waals surface area contributed by atoms with E-state index in [-0.39, 0.29) is 29.7 Å². The van der Waals surface area contributed by atoms with Crippen molar-refractivity contribution in [3.63, 3.8) is 0 Å². The maximum absolute atomic E-state index is 15.3. The number of phenolic OH excluding ortho intramolecular Hbond substituents is 1. The first-order valence-electron chi connectivity index (χ1n) is 19.0. The number of allylic oxidation sites excluding steroid dienone is 2. The third-order valence-electron chi connectivity index (χ3n) is 12.3. The summed E-state index contributed by atoms with van der Waals surface area (Å²) in [7, 11) is 0. The van der Waals surface area contributed by atoms with Crippen molar-refractivity contribution < 1.29 is 51.3 Å². The smallest absolute Gasteiger partial charge is 0.508 e. The molecule has 4 aromatic rings. The van der Waals surface area contributed by atoms with Crippen LogP contribution in [0.1, 0.15) is 29.9 Å². The van der Waals surface area contributed by atoms with Gasteiger partial charge in [-0.3, -0.25) is 29.5 Å². The van der Waals surface area contributed by atoms with E-state index in [0.29, 0.717) is 42.6 Å². The number of anilines is 3. The van der Waals surface area contributed by atoms with Crippen molar-refractivity contribution >= 4 is 52.3 Å². The molecule has 2 aliphatic carbocycles. The molecule has 3 heterocycles. The highest BCUT2D eigenvalue weighted by atomic mass is 35.5. The molecular weight excluding hydrogens is 796 g/mol. The van der Waals surface area contributed by atoms with Gasteiger partial charge in [0.05, 0.1) is 47.8 Å². The molecule has 0 unspecified atom stereocenters. The molecule has 59 heavy (non-hydrogen) atoms. The molecule has 1 saturated carbocycles. The maximum Gasteiger partial charge on any atom is 0.573 e. The van der Waals surface area contributed by atoms with Gasteiger partial charge in [-0.05, 0) is 103 Å². The molecule has 4 fully saturated rings. The van der Waals surface area contributed by atoms with Gasteiger partial charge in [-0.2, -0.15) is 5.01 Å². The zero-order valence-electron chi connectivity index (χ0n) is 31.0. The summed E-state index contributed by atoms with van der Waals surface area (Å²) in [4.78, 5) is 62.4. The number of morpholine rings is 1. The van der Waals surface area contributed by atoms with Crippen LogP contribution in [0.15, 0.2) is 103 Å². The molecule has 0 spiro atoms. The van der Waals surface area contributed by atoms with Gasteiger partial charge in [0.15, 0.2) is 0 Å². The quantitative estimate of drug-likeness (QED) is 0.114. The van der Waals surface area contributed by atoms with Crippen LogP contribution in [0.25, 0.3) is 0 Å². The van der Waals surface area contributed by atoms with Crippen molar-refractivity contribution in [1.82, 2.24) is 5.01 Å². The first-order chi connectivity index (χ1) is 28.3. The predicted octanol–water partition coefficient (Wildman–Crippen LogP) is 7.11. The van der Waals surface area contributed by atoms with E-state index >= 15 is 4.79 Å². The summed E-state index contributed by atoms with van der Waals surface area (Å²) in [6.45, 7) is 2.50. The van der Waals surface area contributed by atoms with Crippen molar-refractivity contribution in [1.29, 1.82) is 0 Å². The number of amides is 4. The first kappa shape index (κ1) is 38.6. The Morgan fingerprint density at radius 1 is 0.831 bits per heavy atom. The number of ether oxygens (including phenoxy) is 2. The van der Waals surface area contributed by atoms with Crippen LogP contribution in [0.5, 0.6) is 11.5 Å². The average molecular weight is 831 g/mol. The van der Waals surface area contributed by atoms with E-state index < -0.39 is 82.3 Å². The molecule has 3 saturated heterocycles. The number of halogens is 5. The molecule has 0 radical (unpaired) electrons. The molecule has 16 heteroatoms. The lowest BCUT2D eigenvalue weighted by atomic mass is 9.49. The Labute approximate surface area is 339 Å². The summed E-state index contributed by atoms with van der Waals surface area (Å²) in [5.74, 6) is -9.72. The highest BCUT2D eigenvalue weighted by Crippen LogP contribution is 2.65. The minimum absolute atomic E-state index is 0.0283. The topological polar surface area (TPSA) is 129 Å². The summed E-state index contributed by atoms with van der Waals surface area (Å²) in [6, 6.07) is 21.0. The molecule has 2 N–H and O–H groups in total. The standard InChI is InChI=1S/C43H35ClF4N4O7/c44-24-3-1-23(2-4-24)42-34(39(55)52(41(42)57)49-26-7-5-25(45)6-8-26)22-32-30(37(42)33-21-29(13-16-35(33)53)59-43(46,47)48)14-15-31-36(32)40(56)51(38(31)54)28-11-9-27(10-12-28)50-17-19-58-20-18-50/h1-14,16,21,31-32,34,36-37,49,53H,15,17-20,22H2/t31-,32+,34-,36-,37+,42+/m0/s1. The SMILES string of the molecule is O=C1[C@@H]2C[C@@H]3C(=CC[C@@H]4C(=O)N(c5ccc(N6CCOCC6)cc5)C(=O)[C@@H]43)[C@H](c3cc(OC(F)(F)F)ccc3O)[C@]2(c2ccc(Cl)cc2)C(=O)N1Nc1ccc(F)cc1. The van der Waals surface area contributed by atoms with E-state index in [0.717, 1.165) is 45.9 Å². The molecule has 4 aromatic carbocycles. The van der Waals surface area contributed by atoms with Gasteiger partial charge in [0.25, 0.3) is 11.8 Å². The second-order valence-corrected chi connectivity index (χ2v) is 15.7. The molecule has 0 bridgehead atoms. The lowest BCUT2D eigenvalue weighted by Gasteiger charge is -2.50. The number of phenols is 1. The number of carbonyl (C=O) groups is 4. The Morgan fingerprint density at radius 2 is 1.51 bits per heavy atom. The van der Waals surface area contributed by atoms with E-state index in [1.165, 1.54) is 24.3 Å². The van der Waals surface area contributed by atoms with E-state index in [9.17, 15) is 37.1 Å². The second-order valence-electron chi connectivity index (χ2n) is 15.3. The van der Waals surface area contributed by atoms with Crippen LogP contribution in [0, 0.1) is 29.5 Å². The first-order valence-corrected chi connectivity index (χ1v) is 19.4. The van der Waals surface area contributed by atoms with Crippen molar-refractivity contribution in [3.8, 4) is 11.5 Å². The number of rotatable bonds is 7. The number of fused-ring (bicyclic) bond motifs is 4. The van der Waals surface area contributed by atoms with Crippen molar-refractivity contribution in [3.05, 3.63) is 125 Å². The third-order valence-corrected chi connectivity index (χ3v) is 12.5. The lowest BCUT2D eigenvalue weighted by Crippen LogP contribution is -2.53. The van der Waals surface area contributed by atoms with Gasteiger partial charge >= 0.3 is 6.36 Å². The van der Waals surface area contributed by atoms with Gasteiger partial charge < -0.3 is 19.5 Å². The van der Waals surface area contributed by atoms with Crippen LogP contribution >= 0.6 is 11.6 Å². The maximum atomic E-state index is 15.3. The minimum atomic E-state index is -5.12. The van der Waals surface area contributed by atoms with Gasteiger partial charge in [-0.25, -0.2) is 4.39 Å². The molecule has 9 rings (SSSR count). The third kappa shape index (κ3) is 6.38. The van der Waals surface area contributed by atoms with Crippen LogP contribution in [-0.2, 0) is 29.3 Å². The highest BCUT2D eigenvalue weighted by Gasteiger charge is 2.70. The Hall–Kier alpha value is -5.93. The number of hydrazine groups is 1. The molecule has 4 amide bonds. The lowest BCUT2D eigenvalue weighted by molar-refractivity contribution is -0.274. The van der Waals surface area contributed by atoms with Crippen LogP contribution in [0.4, 0.5) is 34.6 Å². The molecule has 304 valence electrons. The fraction of sp³-hybridized carbons (Fsp3) is 0.302. The fourth-order valence-corrected chi connectivity index (χ4v) is 9.98. The Morgan fingerprint density at radius 3 is 2.19 bits per heavy atom. The van der Waals surface area contributed by atoms with E-state index in [1.807, 2.05) is 12.1 Å². The minimum Gasteiger partial charge on any atom is -0.508 e. The number of aromatic hydroxyl groups is 1. The van der Waals surface area contributed by atoms with Gasteiger partial charge in [0.1, 0.15) is 17.3 Å². The van der Waals surface area contributed by atoms with Crippen LogP contribution < -0.4 is 20.0 Å². The number of nitrogens with one attached hydrogen (secondary N) is 1. The summed E-state index contributed by atoms with van der Waals surface area (Å²) in [6.07, 6.45) is -3.50. The predicted molar refractivity (Wildman–Crippen MR) is 206 cm³/mol. The van der Waals surface area contributed by atoms with E-state index in [4.69, 9.17) is 16.3 Å². The van der Waals surface area contributed by atoms with Crippen molar-refractivity contribution in [2.45, 2.75) is 30.5 Å². The molecule has 0 aromatic heterocycles. The van der Waals surface area contributed by atoms with Gasteiger partial charge in [0.2, 0.25) is 11.8 Å². The van der Waals surface area contributed by atoms with E-state index in [1.54, 1.807) is 30.3 Å². The second kappa shape index (κ2) is 14.4. The van der Waals surface area contributed by atoms with E-state index in [2.05, 4.69) is 15.1 Å². The Bertz CT molecular complexity index is 2390. The van der Waals surface area contributed by atoms with Crippen LogP contribution in [-0.4, -0.2) is 66.4 Å². The molecule has 6 atom stereocenters. The Kier molecular flexibility index (Phi) is 9.42. The van der Waals surface area contributed by atoms with Crippen LogP contribution in [0.3, 0.4) is 0 Å². The van der Waals surface area contributed by atoms with Gasteiger partial charge in [-0.1, -0.05) is 35.4 Å². The summed E-state index contributed by atoms with van der Waals surface area (Å²) in [5.41, 5.74) is 2.78. The Balaban J connectivity index is 1.19. The number of nitrogens with zero attached hydrogens (tertiary/aromatic N) is 3. The number of imide groups is 2. The molecule has 11 nitrogen and oxygen atoms in total. The van der Waals surface area contributed by atoms with Gasteiger partial charge in [0, 0.05) is 35.3 Å². The fourth-order valence-electron chi connectivity index (χ4n) is 9.85. The monoisotopic (exact) mass is 830 g/mol. The number of carbonyl (C=O) groups excluding carboxylic acids is 4.